The Bertz CT molecular complexity index is 1170. The van der Waals surface area contributed by atoms with E-state index in [0.29, 0.717) is 56.4 Å². The lowest BCUT2D eigenvalue weighted by atomic mass is 9.83. The number of nitrogens with one attached hydrogen (secondary N) is 1. The summed E-state index contributed by atoms with van der Waals surface area (Å²) in [6, 6.07) is 5.28. The normalized spacial score (nSPS) is 14.4. The molecule has 0 aliphatic heterocycles. The number of unbranched alkanes of at least 4 members (excludes halogenated alkanes) is 9. The van der Waals surface area contributed by atoms with Crippen molar-refractivity contribution in [2.24, 2.45) is 5.92 Å². The Morgan fingerprint density at radius 2 is 1.50 bits per heavy atom. The largest absolute Gasteiger partial charge is 0.494 e. The summed E-state index contributed by atoms with van der Waals surface area (Å²) >= 11 is 0. The molecule has 0 heterocycles. The van der Waals surface area contributed by atoms with Crippen molar-refractivity contribution in [2.45, 2.75) is 115 Å². The molecule has 12 heteroatoms. The van der Waals surface area contributed by atoms with Crippen LogP contribution in [0.15, 0.2) is 36.4 Å². The number of ether oxygens (including phenoxy) is 1. The Morgan fingerprint density at radius 3 is 2.04 bits per heavy atom. The third-order valence-corrected chi connectivity index (χ3v) is 9.67. The van der Waals surface area contributed by atoms with Crippen molar-refractivity contribution in [3.63, 3.8) is 0 Å². The molecule has 46 heavy (non-hydrogen) atoms. The molecule has 0 radical (unpaired) electrons. The highest BCUT2D eigenvalue weighted by Gasteiger charge is 2.47. The van der Waals surface area contributed by atoms with Crippen molar-refractivity contribution in [1.29, 1.82) is 0 Å². The van der Waals surface area contributed by atoms with Crippen molar-refractivity contribution in [1.82, 2.24) is 5.32 Å². The van der Waals surface area contributed by atoms with E-state index in [1.54, 1.807) is 24.3 Å². The van der Waals surface area contributed by atoms with Crippen LogP contribution in [-0.2, 0) is 30.6 Å². The highest BCUT2D eigenvalue weighted by molar-refractivity contribution is 7.91. The molecule has 4 N–H and O–H groups in total. The molecule has 0 saturated carbocycles. The maximum atomic E-state index is 13.3. The Morgan fingerprint density at radius 1 is 0.913 bits per heavy atom. The quantitative estimate of drug-likeness (QED) is 0.0682. The average Bonchev–Trinajstić information content (AvgIpc) is 3.00. The molecule has 0 aliphatic rings. The number of halogens is 1. The molecule has 10 nitrogen and oxygen atoms in total. The third kappa shape index (κ3) is 16.0. The summed E-state index contributed by atoms with van der Waals surface area (Å²) in [7, 11) is -3.08. The summed E-state index contributed by atoms with van der Waals surface area (Å²) in [4.78, 5) is 37.3. The second-order valence-corrected chi connectivity index (χ2v) is 14.1. The van der Waals surface area contributed by atoms with Crippen LogP contribution in [0, 0.1) is 5.92 Å². The number of aliphatic hydroxyl groups is 1. The number of amides is 1. The van der Waals surface area contributed by atoms with Gasteiger partial charge in [0.1, 0.15) is 21.6 Å². The zero-order valence-corrected chi connectivity index (χ0v) is 28.2. The van der Waals surface area contributed by atoms with Gasteiger partial charge in [0.05, 0.1) is 30.7 Å². The second kappa shape index (κ2) is 22.5. The van der Waals surface area contributed by atoms with Crippen molar-refractivity contribution in [2.75, 3.05) is 24.8 Å². The minimum atomic E-state index is -3.08. The first-order valence-corrected chi connectivity index (χ1v) is 18.4. The molecule has 0 aliphatic carbocycles. The van der Waals surface area contributed by atoms with Crippen LogP contribution in [0.5, 0.6) is 5.75 Å². The van der Waals surface area contributed by atoms with Gasteiger partial charge in [-0.2, -0.15) is 0 Å². The SMILES string of the molecule is CCCCCCCS(=O)(=O)CCCCCC/C=C/[C@H](C(=O)N[C@@H](Cc1ccc(OCCCC)cc1)C(=O)O)[C@@](O)(CCF)C(=O)O. The molecule has 0 spiro atoms. The van der Waals surface area contributed by atoms with Crippen LogP contribution < -0.4 is 10.1 Å². The Labute approximate surface area is 273 Å². The zero-order chi connectivity index (χ0) is 34.4. The summed E-state index contributed by atoms with van der Waals surface area (Å²) in [5, 5.41) is 32.7. The number of hydrogen-bond acceptors (Lipinski definition) is 7. The second-order valence-electron chi connectivity index (χ2n) is 11.8. The predicted octanol–water partition coefficient (Wildman–Crippen LogP) is 5.66. The van der Waals surface area contributed by atoms with Crippen molar-refractivity contribution in [3.05, 3.63) is 42.0 Å². The summed E-state index contributed by atoms with van der Waals surface area (Å²) in [5.74, 6) is -5.00. The van der Waals surface area contributed by atoms with Gasteiger partial charge in [-0.15, -0.1) is 0 Å². The van der Waals surface area contributed by atoms with E-state index in [2.05, 4.69) is 12.2 Å². The van der Waals surface area contributed by atoms with Gasteiger partial charge in [-0.05, 0) is 49.8 Å². The molecule has 0 saturated heterocycles. The van der Waals surface area contributed by atoms with Crippen LogP contribution in [0.3, 0.4) is 0 Å². The monoisotopic (exact) mass is 671 g/mol. The molecule has 0 aromatic heterocycles. The number of hydrogen-bond donors (Lipinski definition) is 4. The lowest BCUT2D eigenvalue weighted by molar-refractivity contribution is -0.168. The minimum absolute atomic E-state index is 0.115. The van der Waals surface area contributed by atoms with E-state index in [-0.39, 0.29) is 17.9 Å². The lowest BCUT2D eigenvalue weighted by Crippen LogP contribution is -2.54. The number of carboxylic acids is 2. The number of benzene rings is 1. The fourth-order valence-corrected chi connectivity index (χ4v) is 6.45. The topological polar surface area (TPSA) is 167 Å². The van der Waals surface area contributed by atoms with Crippen LogP contribution in [0.25, 0.3) is 0 Å². The molecule has 3 atom stereocenters. The van der Waals surface area contributed by atoms with E-state index in [4.69, 9.17) is 4.74 Å². The van der Waals surface area contributed by atoms with E-state index in [1.807, 2.05) is 6.92 Å². The molecular formula is C34H54FNO9S. The number of sulfone groups is 1. The maximum Gasteiger partial charge on any atom is 0.336 e. The number of allylic oxidation sites excluding steroid dienone is 1. The van der Waals surface area contributed by atoms with Crippen molar-refractivity contribution < 1.29 is 47.2 Å². The summed E-state index contributed by atoms with van der Waals surface area (Å²) < 4.78 is 43.4. The van der Waals surface area contributed by atoms with Gasteiger partial charge in [-0.1, -0.05) is 83.1 Å². The molecule has 1 aromatic carbocycles. The van der Waals surface area contributed by atoms with Gasteiger partial charge in [-0.25, -0.2) is 18.0 Å². The zero-order valence-electron chi connectivity index (χ0n) is 27.4. The molecule has 0 unspecified atom stereocenters. The Kier molecular flexibility index (Phi) is 20.1. The minimum Gasteiger partial charge on any atom is -0.494 e. The van der Waals surface area contributed by atoms with Crippen LogP contribution >= 0.6 is 0 Å². The van der Waals surface area contributed by atoms with Crippen molar-refractivity contribution in [3.8, 4) is 5.75 Å². The number of rotatable bonds is 27. The highest BCUT2D eigenvalue weighted by atomic mass is 32.2. The van der Waals surface area contributed by atoms with E-state index in [0.717, 1.165) is 38.5 Å². The first-order chi connectivity index (χ1) is 21.9. The van der Waals surface area contributed by atoms with Gasteiger partial charge in [0.25, 0.3) is 0 Å². The molecular weight excluding hydrogens is 617 g/mol. The Balaban J connectivity index is 2.79. The van der Waals surface area contributed by atoms with E-state index < -0.39 is 58.3 Å². The highest BCUT2D eigenvalue weighted by Crippen LogP contribution is 2.26. The van der Waals surface area contributed by atoms with Crippen LogP contribution in [-0.4, -0.2) is 78.0 Å². The summed E-state index contributed by atoms with van der Waals surface area (Å²) in [6.45, 7) is 3.49. The van der Waals surface area contributed by atoms with E-state index >= 15 is 0 Å². The van der Waals surface area contributed by atoms with Gasteiger partial charge in [0.2, 0.25) is 5.91 Å². The van der Waals surface area contributed by atoms with Crippen LogP contribution in [0.2, 0.25) is 0 Å². The van der Waals surface area contributed by atoms with Gasteiger partial charge >= 0.3 is 11.9 Å². The van der Waals surface area contributed by atoms with Gasteiger partial charge in [-0.3, -0.25) is 9.18 Å². The number of carboxylic acid groups (broad SMARTS) is 2. The summed E-state index contributed by atoms with van der Waals surface area (Å²) in [6.07, 6.45) is 11.4. The predicted molar refractivity (Wildman–Crippen MR) is 176 cm³/mol. The number of aliphatic carboxylic acids is 2. The fraction of sp³-hybridized carbons (Fsp3) is 0.676. The van der Waals surface area contributed by atoms with Gasteiger partial charge < -0.3 is 25.4 Å². The standard InChI is InChI=1S/C34H54FNO9S/c1-3-5-7-11-14-24-46(43,44)25-15-12-9-8-10-13-16-29(34(42,21-22-35)33(40)41)31(37)36-30(32(38)39)26-27-17-19-28(20-18-27)45-23-6-4-2/h13,16-20,29-30,42H,3-12,14-15,21-26H2,1-2H3,(H,36,37)(H,38,39)(H,40,41)/b16-13+/t29-,30+,34+/m1/s1. The molecule has 0 fully saturated rings. The lowest BCUT2D eigenvalue weighted by Gasteiger charge is -2.30. The van der Waals surface area contributed by atoms with Gasteiger partial charge in [0.15, 0.2) is 5.60 Å². The van der Waals surface area contributed by atoms with Crippen molar-refractivity contribution >= 4 is 27.7 Å². The molecule has 1 rings (SSSR count). The molecule has 0 bridgehead atoms. The first-order valence-electron chi connectivity index (χ1n) is 16.5. The number of carbonyl (C=O) groups is 3. The molecule has 1 amide bonds. The average molecular weight is 672 g/mol. The Hall–Kier alpha value is -2.99. The number of carbonyl (C=O) groups excluding carboxylic acids is 1. The first kappa shape index (κ1) is 41.0. The van der Waals surface area contributed by atoms with Gasteiger partial charge in [0, 0.05) is 12.8 Å². The maximum absolute atomic E-state index is 13.3. The van der Waals surface area contributed by atoms with E-state index in [9.17, 15) is 42.5 Å². The molecule has 1 aromatic rings. The van der Waals surface area contributed by atoms with Crippen LogP contribution in [0.1, 0.15) is 103 Å². The summed E-state index contributed by atoms with van der Waals surface area (Å²) in [5.41, 5.74) is -2.21. The third-order valence-electron chi connectivity index (χ3n) is 7.85. The molecule has 262 valence electrons. The van der Waals surface area contributed by atoms with E-state index in [1.165, 1.54) is 12.2 Å². The number of alkyl halides is 1. The smallest absolute Gasteiger partial charge is 0.336 e. The van der Waals surface area contributed by atoms with Crippen LogP contribution in [0.4, 0.5) is 4.39 Å². The fourth-order valence-electron chi connectivity index (χ4n) is 4.95.